The van der Waals surface area contributed by atoms with E-state index in [0.717, 1.165) is 0 Å². The van der Waals surface area contributed by atoms with E-state index in [4.69, 9.17) is 19.7 Å². The van der Waals surface area contributed by atoms with Crippen molar-refractivity contribution in [2.24, 2.45) is 0 Å². The van der Waals surface area contributed by atoms with Crippen LogP contribution in [0.15, 0.2) is 0 Å². The van der Waals surface area contributed by atoms with E-state index in [2.05, 4.69) is 14.2 Å². The van der Waals surface area contributed by atoms with Gasteiger partial charge in [-0.1, -0.05) is 0 Å². The number of rotatable bonds is 4. The standard InChI is InChI=1S/C10H14O13/c11-3(12)1-5(15)21-8(18)10(20-1)23-9-2(4(13)14)19-6(16)7(17)22-9/h1-2,5-10,15-18H,(H,11,12)(H,13,14)/t1?,2?,5-,6-,7?,8?,9-,10+/m1/s1. The fraction of sp³-hybridized carbons (Fsp3) is 0.800. The van der Waals surface area contributed by atoms with Crippen molar-refractivity contribution >= 4 is 11.9 Å². The maximum Gasteiger partial charge on any atom is 0.338 e. The van der Waals surface area contributed by atoms with Gasteiger partial charge in [0.2, 0.25) is 43.7 Å². The van der Waals surface area contributed by atoms with Gasteiger partial charge in [0.25, 0.3) is 0 Å². The highest BCUT2D eigenvalue weighted by molar-refractivity contribution is 5.73. The number of aliphatic hydroxyl groups excluding tert-OH is 4. The molecule has 23 heavy (non-hydrogen) atoms. The molecule has 2 heterocycles. The summed E-state index contributed by atoms with van der Waals surface area (Å²) < 4.78 is 23.3. The monoisotopic (exact) mass is 342 g/mol. The number of aliphatic hydroxyl groups is 4. The largest absolute Gasteiger partial charge is 0.479 e. The van der Waals surface area contributed by atoms with Crippen LogP contribution in [0.5, 0.6) is 0 Å². The Labute approximate surface area is 127 Å². The Morgan fingerprint density at radius 2 is 1.22 bits per heavy atom. The zero-order valence-corrected chi connectivity index (χ0v) is 11.2. The Hall–Kier alpha value is -1.42. The van der Waals surface area contributed by atoms with Gasteiger partial charge < -0.3 is 54.3 Å². The van der Waals surface area contributed by atoms with E-state index in [-0.39, 0.29) is 0 Å². The molecule has 2 aliphatic rings. The molecular weight excluding hydrogens is 328 g/mol. The molecule has 2 fully saturated rings. The van der Waals surface area contributed by atoms with E-state index >= 15 is 0 Å². The molecule has 0 bridgehead atoms. The molecule has 2 saturated heterocycles. The summed E-state index contributed by atoms with van der Waals surface area (Å²) in [6.07, 6.45) is -15.5. The van der Waals surface area contributed by atoms with Crippen molar-refractivity contribution in [3.05, 3.63) is 0 Å². The topological polar surface area (TPSA) is 202 Å². The van der Waals surface area contributed by atoms with Crippen LogP contribution in [0, 0.1) is 0 Å². The number of aliphatic carboxylic acids is 2. The molecule has 0 aliphatic carbocycles. The van der Waals surface area contributed by atoms with E-state index in [1.165, 1.54) is 0 Å². The SMILES string of the molecule is O=C(O)C1O[C@@H](O)C(O)O[C@@H]1O[C@@H]1OC(C(=O)O)[C@H](O)OC1O. The molecule has 0 aromatic heterocycles. The molecule has 8 atom stereocenters. The third kappa shape index (κ3) is 3.92. The molecule has 0 aromatic carbocycles. The van der Waals surface area contributed by atoms with Gasteiger partial charge in [-0.15, -0.1) is 0 Å². The number of carboxylic acids is 2. The molecule has 0 amide bonds. The molecule has 2 aliphatic heterocycles. The Bertz CT molecular complexity index is 454. The normalized spacial score (nSPS) is 44.7. The van der Waals surface area contributed by atoms with Gasteiger partial charge in [0.1, 0.15) is 0 Å². The van der Waals surface area contributed by atoms with Gasteiger partial charge in [0.15, 0.2) is 6.29 Å². The Balaban J connectivity index is 2.08. The Morgan fingerprint density at radius 1 is 0.652 bits per heavy atom. The van der Waals surface area contributed by atoms with E-state index < -0.39 is 61.9 Å². The number of hydrogen-bond donors (Lipinski definition) is 6. The molecule has 2 rings (SSSR count). The molecule has 0 spiro atoms. The molecule has 13 nitrogen and oxygen atoms in total. The van der Waals surface area contributed by atoms with Crippen LogP contribution >= 0.6 is 0 Å². The van der Waals surface area contributed by atoms with Gasteiger partial charge in [-0.25, -0.2) is 9.59 Å². The predicted molar refractivity (Wildman–Crippen MR) is 59.9 cm³/mol. The van der Waals surface area contributed by atoms with E-state index in [1.807, 2.05) is 0 Å². The summed E-state index contributed by atoms with van der Waals surface area (Å²) in [5.74, 6) is -3.27. The van der Waals surface area contributed by atoms with E-state index in [1.54, 1.807) is 0 Å². The van der Waals surface area contributed by atoms with Gasteiger partial charge in [-0.05, 0) is 0 Å². The summed E-state index contributed by atoms with van der Waals surface area (Å²) in [4.78, 5) is 21.9. The van der Waals surface area contributed by atoms with Crippen LogP contribution in [0.3, 0.4) is 0 Å². The number of carbonyl (C=O) groups is 2. The summed E-state index contributed by atoms with van der Waals surface area (Å²) in [5.41, 5.74) is 0. The first-order chi connectivity index (χ1) is 10.7. The van der Waals surface area contributed by atoms with Crippen LogP contribution in [0.1, 0.15) is 0 Å². The molecule has 132 valence electrons. The van der Waals surface area contributed by atoms with Crippen molar-refractivity contribution in [3.63, 3.8) is 0 Å². The van der Waals surface area contributed by atoms with Crippen LogP contribution in [0.4, 0.5) is 0 Å². The van der Waals surface area contributed by atoms with Gasteiger partial charge >= 0.3 is 11.9 Å². The molecule has 0 aromatic rings. The predicted octanol–water partition coefficient (Wildman–Crippen LogP) is -4.07. The summed E-state index contributed by atoms with van der Waals surface area (Å²) in [6, 6.07) is 0. The van der Waals surface area contributed by atoms with E-state index in [0.29, 0.717) is 0 Å². The molecule has 0 saturated carbocycles. The highest BCUT2D eigenvalue weighted by Gasteiger charge is 2.48. The lowest BCUT2D eigenvalue weighted by Gasteiger charge is -2.40. The Kier molecular flexibility index (Phi) is 5.45. The quantitative estimate of drug-likeness (QED) is 0.288. The second-order valence-corrected chi connectivity index (χ2v) is 4.50. The fourth-order valence-corrected chi connectivity index (χ4v) is 1.80. The lowest BCUT2D eigenvalue weighted by atomic mass is 10.3. The van der Waals surface area contributed by atoms with Crippen molar-refractivity contribution < 1.29 is 63.9 Å². The third-order valence-corrected chi connectivity index (χ3v) is 2.86. The number of ether oxygens (including phenoxy) is 5. The van der Waals surface area contributed by atoms with Crippen LogP contribution in [0.25, 0.3) is 0 Å². The van der Waals surface area contributed by atoms with Crippen LogP contribution in [0.2, 0.25) is 0 Å². The van der Waals surface area contributed by atoms with Gasteiger partial charge in [0.05, 0.1) is 0 Å². The summed E-state index contributed by atoms with van der Waals surface area (Å²) >= 11 is 0. The minimum Gasteiger partial charge on any atom is -0.479 e. The summed E-state index contributed by atoms with van der Waals surface area (Å²) in [7, 11) is 0. The highest BCUT2D eigenvalue weighted by Crippen LogP contribution is 2.25. The van der Waals surface area contributed by atoms with Crippen LogP contribution in [-0.4, -0.2) is 92.5 Å². The van der Waals surface area contributed by atoms with Gasteiger partial charge in [0, 0.05) is 0 Å². The minimum absolute atomic E-state index is 1.64. The Morgan fingerprint density at radius 3 is 1.78 bits per heavy atom. The van der Waals surface area contributed by atoms with E-state index in [9.17, 15) is 30.0 Å². The molecule has 0 radical (unpaired) electrons. The van der Waals surface area contributed by atoms with Crippen molar-refractivity contribution in [2.75, 3.05) is 0 Å². The van der Waals surface area contributed by atoms with Crippen LogP contribution < -0.4 is 0 Å². The number of carboxylic acid groups (broad SMARTS) is 2. The lowest BCUT2D eigenvalue weighted by Crippen LogP contribution is -2.58. The second kappa shape index (κ2) is 7.00. The summed E-state index contributed by atoms with van der Waals surface area (Å²) in [6.45, 7) is 0. The lowest BCUT2D eigenvalue weighted by molar-refractivity contribution is -0.438. The zero-order valence-electron chi connectivity index (χ0n) is 11.2. The molecular formula is C10H14O13. The first-order valence-corrected chi connectivity index (χ1v) is 6.16. The van der Waals surface area contributed by atoms with Gasteiger partial charge in [-0.2, -0.15) is 0 Å². The van der Waals surface area contributed by atoms with Gasteiger partial charge in [-0.3, -0.25) is 0 Å². The average Bonchev–Trinajstić information content (AvgIpc) is 2.44. The van der Waals surface area contributed by atoms with Crippen molar-refractivity contribution in [3.8, 4) is 0 Å². The fourth-order valence-electron chi connectivity index (χ4n) is 1.80. The molecule has 4 unspecified atom stereocenters. The smallest absolute Gasteiger partial charge is 0.338 e. The van der Waals surface area contributed by atoms with Crippen molar-refractivity contribution in [1.82, 2.24) is 0 Å². The average molecular weight is 342 g/mol. The minimum atomic E-state index is -1.99. The third-order valence-electron chi connectivity index (χ3n) is 2.86. The first-order valence-electron chi connectivity index (χ1n) is 6.16. The second-order valence-electron chi connectivity index (χ2n) is 4.50. The highest BCUT2D eigenvalue weighted by atomic mass is 16.9. The maximum atomic E-state index is 11.0. The maximum absolute atomic E-state index is 11.0. The van der Waals surface area contributed by atoms with Crippen molar-refractivity contribution in [2.45, 2.75) is 49.9 Å². The number of hydrogen-bond acceptors (Lipinski definition) is 11. The van der Waals surface area contributed by atoms with Crippen LogP contribution in [-0.2, 0) is 33.3 Å². The zero-order chi connectivity index (χ0) is 17.3. The molecule has 6 N–H and O–H groups in total. The first kappa shape index (κ1) is 17.9. The molecule has 13 heteroatoms. The summed E-state index contributed by atoms with van der Waals surface area (Å²) in [5, 5.41) is 55.0. The van der Waals surface area contributed by atoms with Crippen molar-refractivity contribution in [1.29, 1.82) is 0 Å².